The van der Waals surface area contributed by atoms with Crippen molar-refractivity contribution in [2.45, 2.75) is 13.3 Å². The van der Waals surface area contributed by atoms with Crippen molar-refractivity contribution in [2.75, 3.05) is 40.1 Å². The van der Waals surface area contributed by atoms with Gasteiger partial charge in [0.25, 0.3) is 0 Å². The normalized spacial score (nSPS) is 11.4. The number of methoxy groups -OCH3 is 1. The molecule has 26 heavy (non-hydrogen) atoms. The van der Waals surface area contributed by atoms with E-state index in [9.17, 15) is 0 Å². The van der Waals surface area contributed by atoms with Crippen LogP contribution in [-0.4, -0.2) is 40.1 Å². The summed E-state index contributed by atoms with van der Waals surface area (Å²) in [6.07, 6.45) is 2.83. The molecule has 0 fully saturated rings. The van der Waals surface area contributed by atoms with Gasteiger partial charge in [-0.1, -0.05) is 49.4 Å². The Kier molecular flexibility index (Phi) is 9.33. The lowest BCUT2D eigenvalue weighted by Crippen LogP contribution is -2.08. The molecule has 0 heterocycles. The maximum absolute atomic E-state index is 5.73. The first kappa shape index (κ1) is 20.0. The van der Waals surface area contributed by atoms with Crippen LogP contribution in [0.25, 0.3) is 5.57 Å². The van der Waals surface area contributed by atoms with Crippen molar-refractivity contribution in [3.8, 4) is 5.75 Å². The maximum Gasteiger partial charge on any atom is 0.118 e. The van der Waals surface area contributed by atoms with Gasteiger partial charge in [0, 0.05) is 12.2 Å². The van der Waals surface area contributed by atoms with Gasteiger partial charge in [-0.2, -0.15) is 0 Å². The van der Waals surface area contributed by atoms with Crippen LogP contribution in [-0.2, 0) is 14.2 Å². The van der Waals surface area contributed by atoms with Crippen molar-refractivity contribution in [3.63, 3.8) is 0 Å². The quantitative estimate of drug-likeness (QED) is 0.413. The lowest BCUT2D eigenvalue weighted by molar-refractivity contribution is 0.0309. The Labute approximate surface area is 156 Å². The fourth-order valence-corrected chi connectivity index (χ4v) is 2.41. The highest BCUT2D eigenvalue weighted by Crippen LogP contribution is 2.25. The molecule has 0 saturated carbocycles. The summed E-state index contributed by atoms with van der Waals surface area (Å²) in [6, 6.07) is 18.1. The van der Waals surface area contributed by atoms with E-state index >= 15 is 0 Å². The Bertz CT molecular complexity index is 635. The first-order valence-electron chi connectivity index (χ1n) is 9.02. The largest absolute Gasteiger partial charge is 0.498 e. The molecule has 2 rings (SSSR count). The van der Waals surface area contributed by atoms with Crippen LogP contribution in [0.3, 0.4) is 0 Å². The van der Waals surface area contributed by atoms with Crippen LogP contribution >= 0.6 is 0 Å². The van der Waals surface area contributed by atoms with Crippen molar-refractivity contribution in [2.24, 2.45) is 0 Å². The van der Waals surface area contributed by atoms with Crippen LogP contribution in [0.5, 0.6) is 5.75 Å². The molecule has 0 amide bonds. The summed E-state index contributed by atoms with van der Waals surface area (Å²) in [4.78, 5) is 0. The van der Waals surface area contributed by atoms with Crippen molar-refractivity contribution in [1.29, 1.82) is 0 Å². The highest BCUT2D eigenvalue weighted by Gasteiger charge is 2.06. The van der Waals surface area contributed by atoms with E-state index in [0.717, 1.165) is 35.5 Å². The van der Waals surface area contributed by atoms with Crippen LogP contribution in [0.2, 0.25) is 0 Å². The van der Waals surface area contributed by atoms with Gasteiger partial charge in [0.15, 0.2) is 0 Å². The third-order valence-corrected chi connectivity index (χ3v) is 3.75. The molecule has 0 aliphatic heterocycles. The molecular weight excluding hydrogens is 328 g/mol. The van der Waals surface area contributed by atoms with Gasteiger partial charge in [0.1, 0.15) is 12.4 Å². The second kappa shape index (κ2) is 12.1. The molecule has 0 unspecified atom stereocenters. The standard InChI is InChI=1S/C22H28O4/c1-3-13-24-14-15-25-16-17-26-18-22(19-7-5-4-6-8-19)20-9-11-21(23-2)12-10-20/h4-12,18H,3,13-17H2,1-2H3/b22-18+. The first-order chi connectivity index (χ1) is 12.8. The third kappa shape index (κ3) is 6.90. The monoisotopic (exact) mass is 356 g/mol. The van der Waals surface area contributed by atoms with Gasteiger partial charge in [0.2, 0.25) is 0 Å². The first-order valence-corrected chi connectivity index (χ1v) is 9.02. The zero-order valence-corrected chi connectivity index (χ0v) is 15.6. The van der Waals surface area contributed by atoms with Gasteiger partial charge < -0.3 is 18.9 Å². The fourth-order valence-electron chi connectivity index (χ4n) is 2.41. The molecule has 2 aromatic rings. The molecule has 0 atom stereocenters. The maximum atomic E-state index is 5.73. The number of ether oxygens (including phenoxy) is 4. The van der Waals surface area contributed by atoms with Gasteiger partial charge in [-0.05, 0) is 29.7 Å². The minimum Gasteiger partial charge on any atom is -0.498 e. The number of benzene rings is 2. The number of hydrogen-bond donors (Lipinski definition) is 0. The molecule has 0 spiro atoms. The molecule has 0 aromatic heterocycles. The summed E-state index contributed by atoms with van der Waals surface area (Å²) in [5.41, 5.74) is 3.21. The van der Waals surface area contributed by atoms with Gasteiger partial charge in [-0.15, -0.1) is 0 Å². The van der Waals surface area contributed by atoms with Crippen LogP contribution in [0.15, 0.2) is 60.9 Å². The predicted molar refractivity (Wildman–Crippen MR) is 104 cm³/mol. The lowest BCUT2D eigenvalue weighted by Gasteiger charge is -2.10. The van der Waals surface area contributed by atoms with Gasteiger partial charge >= 0.3 is 0 Å². The second-order valence-corrected chi connectivity index (χ2v) is 5.72. The summed E-state index contributed by atoms with van der Waals surface area (Å²) in [7, 11) is 1.67. The number of rotatable bonds is 12. The lowest BCUT2D eigenvalue weighted by atomic mass is 9.99. The summed E-state index contributed by atoms with van der Waals surface area (Å²) in [5.74, 6) is 0.834. The Hall–Kier alpha value is -2.30. The van der Waals surface area contributed by atoms with Gasteiger partial charge in [0.05, 0.1) is 33.2 Å². The molecule has 4 nitrogen and oxygen atoms in total. The van der Waals surface area contributed by atoms with E-state index in [4.69, 9.17) is 18.9 Å². The summed E-state index contributed by atoms with van der Waals surface area (Å²) < 4.78 is 21.8. The molecule has 0 aliphatic rings. The SMILES string of the molecule is CCCOCCOCCO/C=C(\c1ccccc1)c1ccc(OC)cc1. The molecule has 140 valence electrons. The number of hydrogen-bond acceptors (Lipinski definition) is 4. The van der Waals surface area contributed by atoms with Crippen LogP contribution in [0.1, 0.15) is 24.5 Å². The van der Waals surface area contributed by atoms with Gasteiger partial charge in [-0.3, -0.25) is 0 Å². The van der Waals surface area contributed by atoms with Crippen molar-refractivity contribution < 1.29 is 18.9 Å². The molecule has 0 radical (unpaired) electrons. The van der Waals surface area contributed by atoms with E-state index in [1.54, 1.807) is 13.4 Å². The van der Waals surface area contributed by atoms with E-state index < -0.39 is 0 Å². The van der Waals surface area contributed by atoms with E-state index in [1.807, 2.05) is 42.5 Å². The highest BCUT2D eigenvalue weighted by molar-refractivity contribution is 5.79. The van der Waals surface area contributed by atoms with Gasteiger partial charge in [-0.25, -0.2) is 0 Å². The molecule has 4 heteroatoms. The van der Waals surface area contributed by atoms with E-state index in [2.05, 4.69) is 19.1 Å². The van der Waals surface area contributed by atoms with Crippen molar-refractivity contribution in [1.82, 2.24) is 0 Å². The smallest absolute Gasteiger partial charge is 0.118 e. The van der Waals surface area contributed by atoms with E-state index in [1.165, 1.54) is 0 Å². The average Bonchev–Trinajstić information content (AvgIpc) is 2.70. The van der Waals surface area contributed by atoms with E-state index in [0.29, 0.717) is 26.4 Å². The summed E-state index contributed by atoms with van der Waals surface area (Å²) >= 11 is 0. The van der Waals surface area contributed by atoms with Crippen molar-refractivity contribution >= 4 is 5.57 Å². The summed E-state index contributed by atoms with van der Waals surface area (Å²) in [6.45, 7) is 5.14. The summed E-state index contributed by atoms with van der Waals surface area (Å²) in [5, 5.41) is 0. The molecule has 0 N–H and O–H groups in total. The second-order valence-electron chi connectivity index (χ2n) is 5.72. The zero-order valence-electron chi connectivity index (χ0n) is 15.6. The average molecular weight is 356 g/mol. The molecular formula is C22H28O4. The Morgan fingerprint density at radius 1 is 0.769 bits per heavy atom. The fraction of sp³-hybridized carbons (Fsp3) is 0.364. The van der Waals surface area contributed by atoms with E-state index in [-0.39, 0.29) is 0 Å². The molecule has 0 aliphatic carbocycles. The molecule has 0 bridgehead atoms. The third-order valence-electron chi connectivity index (χ3n) is 3.75. The van der Waals surface area contributed by atoms with Crippen LogP contribution < -0.4 is 4.74 Å². The zero-order chi connectivity index (χ0) is 18.5. The Balaban J connectivity index is 1.91. The van der Waals surface area contributed by atoms with Crippen molar-refractivity contribution in [3.05, 3.63) is 72.0 Å². The Morgan fingerprint density at radius 3 is 2.04 bits per heavy atom. The minimum absolute atomic E-state index is 0.500. The predicted octanol–water partition coefficient (Wildman–Crippen LogP) is 4.54. The molecule has 2 aromatic carbocycles. The molecule has 0 saturated heterocycles. The highest BCUT2D eigenvalue weighted by atomic mass is 16.5. The minimum atomic E-state index is 0.500. The van der Waals surface area contributed by atoms with Crippen LogP contribution in [0.4, 0.5) is 0 Å². The Morgan fingerprint density at radius 2 is 1.38 bits per heavy atom. The topological polar surface area (TPSA) is 36.9 Å². The van der Waals surface area contributed by atoms with Crippen LogP contribution in [0, 0.1) is 0 Å².